The highest BCUT2D eigenvalue weighted by molar-refractivity contribution is 5.91. The van der Waals surface area contributed by atoms with Crippen molar-refractivity contribution in [1.82, 2.24) is 9.97 Å². The Kier molecular flexibility index (Phi) is 3.43. The van der Waals surface area contributed by atoms with E-state index in [2.05, 4.69) is 9.97 Å². The van der Waals surface area contributed by atoms with Gasteiger partial charge in [0.25, 0.3) is 0 Å². The first-order chi connectivity index (χ1) is 11.7. The second-order valence-electron chi connectivity index (χ2n) is 5.50. The molecule has 3 nitrogen and oxygen atoms in total. The van der Waals surface area contributed by atoms with Gasteiger partial charge in [0.2, 0.25) is 0 Å². The number of pyridine rings is 2. The average molecular weight is 316 g/mol. The van der Waals surface area contributed by atoms with Crippen LogP contribution in [0, 0.1) is 5.82 Å². The zero-order valence-electron chi connectivity index (χ0n) is 12.7. The van der Waals surface area contributed by atoms with E-state index in [4.69, 9.17) is 0 Å². The molecule has 24 heavy (non-hydrogen) atoms. The molecule has 4 heteroatoms. The first-order valence-electron chi connectivity index (χ1n) is 7.55. The van der Waals surface area contributed by atoms with E-state index in [1.807, 2.05) is 30.3 Å². The summed E-state index contributed by atoms with van der Waals surface area (Å²) in [5.74, 6) is -0.430. The molecule has 2 aromatic carbocycles. The van der Waals surface area contributed by atoms with E-state index in [-0.39, 0.29) is 5.43 Å². The summed E-state index contributed by atoms with van der Waals surface area (Å²) < 4.78 is 13.6. The summed E-state index contributed by atoms with van der Waals surface area (Å²) in [5.41, 5.74) is 3.28. The maximum atomic E-state index is 13.6. The van der Waals surface area contributed by atoms with Gasteiger partial charge in [0.05, 0.1) is 11.3 Å². The molecular weight excluding hydrogens is 303 g/mol. The lowest BCUT2D eigenvalue weighted by molar-refractivity contribution is 0.629. The summed E-state index contributed by atoms with van der Waals surface area (Å²) in [5, 5.41) is 0.335. The van der Waals surface area contributed by atoms with E-state index >= 15 is 0 Å². The number of fused-ring (bicyclic) bond motifs is 1. The lowest BCUT2D eigenvalue weighted by atomic mass is 9.97. The Morgan fingerprint density at radius 3 is 2.38 bits per heavy atom. The summed E-state index contributed by atoms with van der Waals surface area (Å²) >= 11 is 0. The van der Waals surface area contributed by atoms with Crippen LogP contribution in [-0.2, 0) is 0 Å². The predicted octanol–water partition coefficient (Wildman–Crippen LogP) is 4.40. The van der Waals surface area contributed by atoms with Crippen LogP contribution in [0.15, 0.2) is 77.9 Å². The van der Waals surface area contributed by atoms with Gasteiger partial charge in [-0.3, -0.25) is 9.78 Å². The maximum Gasteiger partial charge on any atom is 0.197 e. The summed E-state index contributed by atoms with van der Waals surface area (Å²) in [6, 6.07) is 17.4. The van der Waals surface area contributed by atoms with Crippen molar-refractivity contribution in [2.24, 2.45) is 0 Å². The topological polar surface area (TPSA) is 45.8 Å². The number of nitrogens with one attached hydrogen (secondary N) is 1. The average Bonchev–Trinajstić information content (AvgIpc) is 2.63. The largest absolute Gasteiger partial charge is 0.354 e. The van der Waals surface area contributed by atoms with Crippen molar-refractivity contribution < 1.29 is 4.39 Å². The van der Waals surface area contributed by atoms with E-state index in [0.29, 0.717) is 22.2 Å². The predicted molar refractivity (Wildman–Crippen MR) is 93.2 cm³/mol. The lowest BCUT2D eigenvalue weighted by Gasteiger charge is -2.12. The van der Waals surface area contributed by atoms with Crippen molar-refractivity contribution in [2.75, 3.05) is 0 Å². The normalized spacial score (nSPS) is 10.9. The summed E-state index contributed by atoms with van der Waals surface area (Å²) in [4.78, 5) is 20.4. The Labute approximate surface area is 137 Å². The van der Waals surface area contributed by atoms with E-state index < -0.39 is 5.82 Å². The van der Waals surface area contributed by atoms with Crippen LogP contribution >= 0.6 is 0 Å². The summed E-state index contributed by atoms with van der Waals surface area (Å²) in [6.45, 7) is 0. The van der Waals surface area contributed by atoms with Crippen molar-refractivity contribution in [1.29, 1.82) is 0 Å². The fraction of sp³-hybridized carbons (Fsp3) is 0. The first kappa shape index (κ1) is 14.3. The van der Waals surface area contributed by atoms with Gasteiger partial charge in [-0.05, 0) is 41.5 Å². The molecule has 2 aromatic heterocycles. The molecule has 0 spiro atoms. The molecule has 0 amide bonds. The highest BCUT2D eigenvalue weighted by Gasteiger charge is 2.15. The zero-order chi connectivity index (χ0) is 16.5. The van der Waals surface area contributed by atoms with E-state index in [1.54, 1.807) is 30.6 Å². The van der Waals surface area contributed by atoms with Crippen LogP contribution in [-0.4, -0.2) is 9.97 Å². The Morgan fingerprint density at radius 2 is 1.62 bits per heavy atom. The summed E-state index contributed by atoms with van der Waals surface area (Å²) in [7, 11) is 0. The highest BCUT2D eigenvalue weighted by atomic mass is 19.1. The Bertz CT molecular complexity index is 1070. The number of aromatic amines is 1. The fourth-order valence-corrected chi connectivity index (χ4v) is 2.87. The third-order valence-corrected chi connectivity index (χ3v) is 3.99. The third-order valence-electron chi connectivity index (χ3n) is 3.99. The SMILES string of the molecule is O=c1c(-c2ccncc2)c(-c2ccccc2)[nH]c2ccc(F)cc12. The standard InChI is InChI=1S/C20H13FN2O/c21-15-6-7-17-16(12-15)20(24)18(13-8-10-22-11-9-13)19(23-17)14-4-2-1-3-5-14/h1-12H,(H,23,24). The van der Waals surface area contributed by atoms with E-state index in [0.717, 1.165) is 11.1 Å². The van der Waals surface area contributed by atoms with Gasteiger partial charge in [0, 0.05) is 23.3 Å². The Balaban J connectivity index is 2.14. The minimum absolute atomic E-state index is 0.201. The number of hydrogen-bond acceptors (Lipinski definition) is 2. The van der Waals surface area contributed by atoms with Gasteiger partial charge in [-0.2, -0.15) is 0 Å². The van der Waals surface area contributed by atoms with Crippen LogP contribution in [0.4, 0.5) is 4.39 Å². The number of H-pyrrole nitrogens is 1. The minimum Gasteiger partial charge on any atom is -0.354 e. The molecular formula is C20H13FN2O. The molecule has 0 radical (unpaired) electrons. The molecule has 116 valence electrons. The van der Waals surface area contributed by atoms with Gasteiger partial charge in [-0.15, -0.1) is 0 Å². The molecule has 0 unspecified atom stereocenters. The van der Waals surface area contributed by atoms with Gasteiger partial charge in [-0.1, -0.05) is 30.3 Å². The van der Waals surface area contributed by atoms with E-state index in [1.165, 1.54) is 12.1 Å². The quantitative estimate of drug-likeness (QED) is 0.596. The molecule has 0 aliphatic heterocycles. The van der Waals surface area contributed by atoms with Crippen LogP contribution in [0.2, 0.25) is 0 Å². The van der Waals surface area contributed by atoms with Crippen molar-refractivity contribution in [3.05, 3.63) is 89.1 Å². The Morgan fingerprint density at radius 1 is 0.875 bits per heavy atom. The molecule has 4 rings (SSSR count). The van der Waals surface area contributed by atoms with Gasteiger partial charge < -0.3 is 4.98 Å². The second-order valence-corrected chi connectivity index (χ2v) is 5.50. The molecule has 4 aromatic rings. The summed E-state index contributed by atoms with van der Waals surface area (Å²) in [6.07, 6.45) is 3.28. The molecule has 0 fully saturated rings. The number of benzene rings is 2. The number of halogens is 1. The molecule has 0 saturated carbocycles. The van der Waals surface area contributed by atoms with Crippen LogP contribution < -0.4 is 5.43 Å². The zero-order valence-corrected chi connectivity index (χ0v) is 12.7. The number of nitrogens with zero attached hydrogens (tertiary/aromatic N) is 1. The molecule has 1 N–H and O–H groups in total. The molecule has 0 saturated heterocycles. The van der Waals surface area contributed by atoms with Crippen LogP contribution in [0.5, 0.6) is 0 Å². The van der Waals surface area contributed by atoms with Gasteiger partial charge >= 0.3 is 0 Å². The van der Waals surface area contributed by atoms with Crippen molar-refractivity contribution in [3.63, 3.8) is 0 Å². The molecule has 0 aliphatic rings. The molecule has 0 aliphatic carbocycles. The second kappa shape index (κ2) is 5.74. The van der Waals surface area contributed by atoms with E-state index in [9.17, 15) is 9.18 Å². The van der Waals surface area contributed by atoms with Crippen molar-refractivity contribution >= 4 is 10.9 Å². The smallest absolute Gasteiger partial charge is 0.197 e. The van der Waals surface area contributed by atoms with Crippen molar-refractivity contribution in [2.45, 2.75) is 0 Å². The molecule has 0 bridgehead atoms. The lowest BCUT2D eigenvalue weighted by Crippen LogP contribution is -2.10. The minimum atomic E-state index is -0.430. The third kappa shape index (κ3) is 2.38. The van der Waals surface area contributed by atoms with Gasteiger partial charge in [0.15, 0.2) is 5.43 Å². The number of hydrogen-bond donors (Lipinski definition) is 1. The molecule has 2 heterocycles. The number of aromatic nitrogens is 2. The molecule has 0 atom stereocenters. The van der Waals surface area contributed by atoms with Gasteiger partial charge in [0.1, 0.15) is 5.82 Å². The van der Waals surface area contributed by atoms with Crippen LogP contribution in [0.1, 0.15) is 0 Å². The van der Waals surface area contributed by atoms with Gasteiger partial charge in [-0.25, -0.2) is 4.39 Å². The highest BCUT2D eigenvalue weighted by Crippen LogP contribution is 2.29. The van der Waals surface area contributed by atoms with Crippen LogP contribution in [0.25, 0.3) is 33.3 Å². The van der Waals surface area contributed by atoms with Crippen LogP contribution in [0.3, 0.4) is 0 Å². The fourth-order valence-electron chi connectivity index (χ4n) is 2.87. The maximum absolute atomic E-state index is 13.6. The number of rotatable bonds is 2. The monoisotopic (exact) mass is 316 g/mol. The first-order valence-corrected chi connectivity index (χ1v) is 7.55. The van der Waals surface area contributed by atoms with Crippen molar-refractivity contribution in [3.8, 4) is 22.4 Å². The Hall–Kier alpha value is -3.27.